The van der Waals surface area contributed by atoms with Crippen LogP contribution >= 0.6 is 24.0 Å². The van der Waals surface area contributed by atoms with Crippen LogP contribution in [0.2, 0.25) is 0 Å². The fraction of sp³-hybridized carbons (Fsp3) is 0.389. The summed E-state index contributed by atoms with van der Waals surface area (Å²) in [6.07, 6.45) is 1.34. The van der Waals surface area contributed by atoms with Crippen LogP contribution < -0.4 is 10.6 Å². The lowest BCUT2D eigenvalue weighted by Crippen LogP contribution is -2.54. The molecule has 0 spiro atoms. The third-order valence-corrected chi connectivity index (χ3v) is 6.31. The number of carbonyl (C=O) groups is 1. The van der Waals surface area contributed by atoms with Gasteiger partial charge >= 0.3 is 0 Å². The molecule has 0 bridgehead atoms. The molecule has 3 rings (SSSR count). The minimum absolute atomic E-state index is 0. The monoisotopic (exact) mass is 566 g/mol. The zero-order valence-corrected chi connectivity index (χ0v) is 20.0. The van der Waals surface area contributed by atoms with Gasteiger partial charge < -0.3 is 20.1 Å². The Balaban J connectivity index is 0.00000341. The number of guanidine groups is 1. The standard InChI is InChI=1S/C18H23FN6O4S.HI/c1-20-18(21-12-17(26)22-15-4-2-14(19)3-5-15)24-7-9-25(10-8-24)30(27,28)13-16-6-11-29-23-16;/h2-6,11H,7-10,12-13H2,1H3,(H,20,21)(H,22,26);1H. The Bertz CT molecular complexity index is 977. The molecule has 1 aliphatic rings. The Morgan fingerprint density at radius 2 is 1.87 bits per heavy atom. The molecule has 1 fully saturated rings. The molecule has 10 nitrogen and oxygen atoms in total. The van der Waals surface area contributed by atoms with Gasteiger partial charge in [-0.3, -0.25) is 9.79 Å². The van der Waals surface area contributed by atoms with Gasteiger partial charge in [-0.2, -0.15) is 4.31 Å². The van der Waals surface area contributed by atoms with Crippen molar-refractivity contribution >= 4 is 51.6 Å². The van der Waals surface area contributed by atoms with E-state index in [4.69, 9.17) is 0 Å². The summed E-state index contributed by atoms with van der Waals surface area (Å²) in [6, 6.07) is 6.99. The number of anilines is 1. The second-order valence-electron chi connectivity index (χ2n) is 6.59. The summed E-state index contributed by atoms with van der Waals surface area (Å²) >= 11 is 0. The molecule has 1 aliphatic heterocycles. The number of rotatable bonds is 6. The van der Waals surface area contributed by atoms with Gasteiger partial charge in [0.1, 0.15) is 17.8 Å². The number of benzene rings is 1. The van der Waals surface area contributed by atoms with E-state index >= 15 is 0 Å². The van der Waals surface area contributed by atoms with E-state index < -0.39 is 10.0 Å². The Morgan fingerprint density at radius 1 is 1.19 bits per heavy atom. The van der Waals surface area contributed by atoms with Crippen LogP contribution in [0.5, 0.6) is 0 Å². The number of carbonyl (C=O) groups excluding carboxylic acids is 1. The van der Waals surface area contributed by atoms with E-state index in [2.05, 4.69) is 25.3 Å². The van der Waals surface area contributed by atoms with Crippen LogP contribution in [0, 0.1) is 5.82 Å². The third-order valence-electron chi connectivity index (χ3n) is 4.50. The van der Waals surface area contributed by atoms with Crippen molar-refractivity contribution in [1.29, 1.82) is 0 Å². The van der Waals surface area contributed by atoms with Gasteiger partial charge in [0.15, 0.2) is 5.96 Å². The number of hydrogen-bond acceptors (Lipinski definition) is 6. The lowest BCUT2D eigenvalue weighted by Gasteiger charge is -2.35. The second kappa shape index (κ2) is 11.4. The molecule has 170 valence electrons. The van der Waals surface area contributed by atoms with Crippen LogP contribution in [0.25, 0.3) is 0 Å². The van der Waals surface area contributed by atoms with Crippen molar-refractivity contribution in [1.82, 2.24) is 19.7 Å². The number of nitrogens with one attached hydrogen (secondary N) is 2. The lowest BCUT2D eigenvalue weighted by atomic mass is 10.3. The predicted octanol–water partition coefficient (Wildman–Crippen LogP) is 1.09. The van der Waals surface area contributed by atoms with Crippen molar-refractivity contribution in [2.45, 2.75) is 5.75 Å². The minimum Gasteiger partial charge on any atom is -0.364 e. The van der Waals surface area contributed by atoms with E-state index in [1.807, 2.05) is 4.90 Å². The summed E-state index contributed by atoms with van der Waals surface area (Å²) in [4.78, 5) is 18.1. The topological polar surface area (TPSA) is 120 Å². The Morgan fingerprint density at radius 3 is 2.45 bits per heavy atom. The lowest BCUT2D eigenvalue weighted by molar-refractivity contribution is -0.115. The van der Waals surface area contributed by atoms with Gasteiger partial charge in [-0.05, 0) is 24.3 Å². The molecule has 31 heavy (non-hydrogen) atoms. The zero-order chi connectivity index (χ0) is 21.6. The predicted molar refractivity (Wildman–Crippen MR) is 124 cm³/mol. The molecule has 1 aromatic heterocycles. The number of hydrogen-bond donors (Lipinski definition) is 2. The van der Waals surface area contributed by atoms with E-state index in [-0.39, 0.29) is 48.0 Å². The average Bonchev–Trinajstić information content (AvgIpc) is 3.23. The molecule has 1 aromatic carbocycles. The molecule has 0 atom stereocenters. The van der Waals surface area contributed by atoms with E-state index in [1.54, 1.807) is 7.05 Å². The van der Waals surface area contributed by atoms with Gasteiger partial charge in [0.25, 0.3) is 0 Å². The number of aromatic nitrogens is 1. The maximum atomic E-state index is 12.9. The fourth-order valence-corrected chi connectivity index (χ4v) is 4.42. The van der Waals surface area contributed by atoms with Crippen LogP contribution in [0.4, 0.5) is 10.1 Å². The maximum absolute atomic E-state index is 12.9. The first kappa shape index (κ1) is 25.0. The smallest absolute Gasteiger partial charge is 0.243 e. The zero-order valence-electron chi connectivity index (χ0n) is 16.8. The van der Waals surface area contributed by atoms with E-state index in [0.29, 0.717) is 43.5 Å². The molecule has 0 saturated carbocycles. The van der Waals surface area contributed by atoms with E-state index in [1.165, 1.54) is 40.9 Å². The highest BCUT2D eigenvalue weighted by molar-refractivity contribution is 14.0. The number of sulfonamides is 1. The highest BCUT2D eigenvalue weighted by atomic mass is 127. The molecule has 0 aliphatic carbocycles. The molecule has 1 saturated heterocycles. The van der Waals surface area contributed by atoms with Crippen LogP contribution in [0.3, 0.4) is 0 Å². The molecule has 0 unspecified atom stereocenters. The molecule has 2 heterocycles. The molecule has 0 radical (unpaired) electrons. The van der Waals surface area contributed by atoms with Gasteiger partial charge in [-0.25, -0.2) is 12.8 Å². The largest absolute Gasteiger partial charge is 0.364 e. The second-order valence-corrected chi connectivity index (χ2v) is 8.56. The van der Waals surface area contributed by atoms with Gasteiger partial charge in [0.05, 0.1) is 12.2 Å². The first-order valence-electron chi connectivity index (χ1n) is 9.25. The summed E-state index contributed by atoms with van der Waals surface area (Å²) in [5.41, 5.74) is 0.853. The maximum Gasteiger partial charge on any atom is 0.243 e. The fourth-order valence-electron chi connectivity index (χ4n) is 3.00. The Kier molecular flexibility index (Phi) is 9.18. The number of aliphatic imine (C=N–C) groups is 1. The van der Waals surface area contributed by atoms with Crippen molar-refractivity contribution in [2.75, 3.05) is 45.1 Å². The van der Waals surface area contributed by atoms with Crippen molar-refractivity contribution in [3.63, 3.8) is 0 Å². The van der Waals surface area contributed by atoms with Crippen molar-refractivity contribution in [2.24, 2.45) is 4.99 Å². The van der Waals surface area contributed by atoms with Crippen LogP contribution in [-0.4, -0.2) is 74.4 Å². The van der Waals surface area contributed by atoms with Crippen molar-refractivity contribution in [3.8, 4) is 0 Å². The summed E-state index contributed by atoms with van der Waals surface area (Å²) in [6.45, 7) is 1.41. The number of piperazine rings is 1. The average molecular weight is 566 g/mol. The molecular formula is C18H24FIN6O4S. The quantitative estimate of drug-likeness (QED) is 0.305. The highest BCUT2D eigenvalue weighted by Crippen LogP contribution is 2.13. The SMILES string of the molecule is CN=C(NCC(=O)Nc1ccc(F)cc1)N1CCN(S(=O)(=O)Cc2ccon2)CC1.I. The first-order chi connectivity index (χ1) is 14.4. The van der Waals surface area contributed by atoms with E-state index in [0.717, 1.165) is 0 Å². The van der Waals surface area contributed by atoms with Crippen LogP contribution in [0.15, 0.2) is 46.1 Å². The van der Waals surface area contributed by atoms with Gasteiger partial charge in [-0.1, -0.05) is 5.16 Å². The summed E-state index contributed by atoms with van der Waals surface area (Å²) in [5.74, 6) is -0.400. The van der Waals surface area contributed by atoms with Crippen molar-refractivity contribution in [3.05, 3.63) is 48.1 Å². The highest BCUT2D eigenvalue weighted by Gasteiger charge is 2.29. The molecule has 2 N–H and O–H groups in total. The number of halogens is 2. The normalized spacial score (nSPS) is 15.3. The Labute approximate surface area is 196 Å². The summed E-state index contributed by atoms with van der Waals surface area (Å²) in [7, 11) is -1.90. The Hall–Kier alpha value is -2.26. The van der Waals surface area contributed by atoms with Crippen LogP contribution in [-0.2, 0) is 20.6 Å². The summed E-state index contributed by atoms with van der Waals surface area (Å²) in [5, 5.41) is 9.27. The number of amides is 1. The summed E-state index contributed by atoms with van der Waals surface area (Å²) < 4.78 is 44.0. The first-order valence-corrected chi connectivity index (χ1v) is 10.9. The molecule has 13 heteroatoms. The molecular weight excluding hydrogens is 542 g/mol. The minimum atomic E-state index is -3.49. The van der Waals surface area contributed by atoms with Crippen molar-refractivity contribution < 1.29 is 22.1 Å². The molecule has 1 amide bonds. The van der Waals surface area contributed by atoms with Gasteiger partial charge in [0, 0.05) is 45.0 Å². The number of nitrogens with zero attached hydrogens (tertiary/aromatic N) is 4. The van der Waals surface area contributed by atoms with Gasteiger partial charge in [-0.15, -0.1) is 24.0 Å². The van der Waals surface area contributed by atoms with Crippen LogP contribution in [0.1, 0.15) is 5.69 Å². The third kappa shape index (κ3) is 7.14. The van der Waals surface area contributed by atoms with E-state index in [9.17, 15) is 17.6 Å². The van der Waals surface area contributed by atoms with Gasteiger partial charge in [0.2, 0.25) is 15.9 Å². The molecule has 2 aromatic rings.